The number of likely N-dealkylation sites (tertiary alicyclic amines) is 1. The van der Waals surface area contributed by atoms with E-state index in [0.717, 1.165) is 31.4 Å². The molecule has 3 rings (SSSR count). The molecule has 1 aliphatic heterocycles. The van der Waals surface area contributed by atoms with Crippen molar-refractivity contribution < 1.29 is 14.1 Å². The maximum absolute atomic E-state index is 13.2. The van der Waals surface area contributed by atoms with Gasteiger partial charge in [-0.2, -0.15) is 0 Å². The van der Waals surface area contributed by atoms with Gasteiger partial charge in [0, 0.05) is 19.1 Å². The average molecular weight is 307 g/mol. The fourth-order valence-electron chi connectivity index (χ4n) is 3.69. The lowest BCUT2D eigenvalue weighted by molar-refractivity contribution is -0.385. The van der Waals surface area contributed by atoms with Crippen LogP contribution >= 0.6 is 0 Å². The Morgan fingerprint density at radius 2 is 2.14 bits per heavy atom. The molecule has 0 aromatic heterocycles. The van der Waals surface area contributed by atoms with E-state index in [0.29, 0.717) is 19.0 Å². The van der Waals surface area contributed by atoms with Gasteiger partial charge in [-0.3, -0.25) is 14.9 Å². The van der Waals surface area contributed by atoms with E-state index in [1.165, 1.54) is 6.07 Å². The van der Waals surface area contributed by atoms with Gasteiger partial charge in [-0.1, -0.05) is 6.42 Å². The van der Waals surface area contributed by atoms with Gasteiger partial charge in [0.25, 0.3) is 11.6 Å². The molecule has 0 radical (unpaired) electrons. The minimum absolute atomic E-state index is 0.0568. The quantitative estimate of drug-likeness (QED) is 0.668. The maximum Gasteiger partial charge on any atom is 0.285 e. The van der Waals surface area contributed by atoms with Crippen LogP contribution in [0.2, 0.25) is 0 Å². The number of hydrogen-bond acceptors (Lipinski definition) is 4. The summed E-state index contributed by atoms with van der Waals surface area (Å²) < 4.78 is 13.2. The molecule has 1 aromatic rings. The highest BCUT2D eigenvalue weighted by Gasteiger charge is 2.41. The van der Waals surface area contributed by atoms with Crippen LogP contribution in [0, 0.1) is 27.8 Å². The fraction of sp³-hybridized carbons (Fsp3) is 0.533. The zero-order valence-electron chi connectivity index (χ0n) is 12.1. The first kappa shape index (κ1) is 14.9. The van der Waals surface area contributed by atoms with Crippen molar-refractivity contribution >= 4 is 11.6 Å². The summed E-state index contributed by atoms with van der Waals surface area (Å²) in [5, 5.41) is 11.0. The molecule has 3 unspecified atom stereocenters. The van der Waals surface area contributed by atoms with Gasteiger partial charge in [0.05, 0.1) is 11.0 Å². The molecule has 2 fully saturated rings. The first-order chi connectivity index (χ1) is 10.5. The van der Waals surface area contributed by atoms with Crippen LogP contribution in [0.4, 0.5) is 10.1 Å². The van der Waals surface area contributed by atoms with E-state index in [9.17, 15) is 19.3 Å². The average Bonchev–Trinajstić information content (AvgIpc) is 2.92. The highest BCUT2D eigenvalue weighted by molar-refractivity contribution is 5.98. The van der Waals surface area contributed by atoms with Crippen LogP contribution in [0.15, 0.2) is 18.2 Å². The number of nitrogens with zero attached hydrogens (tertiary/aromatic N) is 2. The van der Waals surface area contributed by atoms with Crippen LogP contribution in [0.25, 0.3) is 0 Å². The number of carbonyl (C=O) groups excluding carboxylic acids is 1. The third-order valence-corrected chi connectivity index (χ3v) is 4.83. The smallest absolute Gasteiger partial charge is 0.285 e. The molecule has 22 heavy (non-hydrogen) atoms. The van der Waals surface area contributed by atoms with Gasteiger partial charge in [0.2, 0.25) is 0 Å². The Bertz CT molecular complexity index is 622. The monoisotopic (exact) mass is 307 g/mol. The second kappa shape index (κ2) is 5.64. The molecule has 1 aliphatic carbocycles. The van der Waals surface area contributed by atoms with Gasteiger partial charge in [0.15, 0.2) is 0 Å². The molecule has 0 bridgehead atoms. The van der Waals surface area contributed by atoms with Gasteiger partial charge in [-0.25, -0.2) is 4.39 Å². The Morgan fingerprint density at radius 1 is 1.36 bits per heavy atom. The van der Waals surface area contributed by atoms with Crippen LogP contribution in [-0.2, 0) is 0 Å². The topological polar surface area (TPSA) is 89.5 Å². The Hall–Kier alpha value is -2.02. The lowest BCUT2D eigenvalue weighted by Crippen LogP contribution is -2.38. The largest absolute Gasteiger partial charge is 0.338 e. The van der Waals surface area contributed by atoms with Crippen molar-refractivity contribution in [2.24, 2.45) is 17.6 Å². The number of nitro benzene ring substituents is 1. The van der Waals surface area contributed by atoms with Crippen LogP contribution < -0.4 is 5.73 Å². The molecule has 1 saturated heterocycles. The Balaban J connectivity index is 1.85. The minimum atomic E-state index is -0.722. The van der Waals surface area contributed by atoms with E-state index in [4.69, 9.17) is 5.73 Å². The number of nitrogens with two attached hydrogens (primary N) is 1. The molecule has 3 atom stereocenters. The zero-order valence-corrected chi connectivity index (χ0v) is 12.1. The number of nitro groups is 1. The summed E-state index contributed by atoms with van der Waals surface area (Å²) in [6.07, 6.45) is 3.05. The lowest BCUT2D eigenvalue weighted by Gasteiger charge is -2.29. The molecule has 0 spiro atoms. The van der Waals surface area contributed by atoms with Crippen LogP contribution in [0.5, 0.6) is 0 Å². The SMILES string of the molecule is NC1CCCC2CN(C(=O)c3ccc(F)cc3[N+](=O)[O-])CC12. The maximum atomic E-state index is 13.2. The summed E-state index contributed by atoms with van der Waals surface area (Å²) in [6.45, 7) is 1.10. The standard InChI is InChI=1S/C15H18FN3O3/c16-10-4-5-11(14(6-10)19(21)22)15(20)18-7-9-2-1-3-13(17)12(9)8-18/h4-6,9,12-13H,1-3,7-8,17H2. The number of fused-ring (bicyclic) bond motifs is 1. The molecule has 2 N–H and O–H groups in total. The van der Waals surface area contributed by atoms with Crippen molar-refractivity contribution in [3.63, 3.8) is 0 Å². The third-order valence-electron chi connectivity index (χ3n) is 4.83. The predicted octanol–water partition coefficient (Wildman–Crippen LogP) is 1.93. The summed E-state index contributed by atoms with van der Waals surface area (Å²) >= 11 is 0. The minimum Gasteiger partial charge on any atom is -0.338 e. The van der Waals surface area contributed by atoms with Crippen LogP contribution in [0.1, 0.15) is 29.6 Å². The van der Waals surface area contributed by atoms with E-state index < -0.39 is 22.3 Å². The second-order valence-electron chi connectivity index (χ2n) is 6.15. The number of hydrogen-bond donors (Lipinski definition) is 1. The van der Waals surface area contributed by atoms with Crippen molar-refractivity contribution in [2.45, 2.75) is 25.3 Å². The molecule has 2 aliphatic rings. The highest BCUT2D eigenvalue weighted by Crippen LogP contribution is 2.36. The molecular weight excluding hydrogens is 289 g/mol. The van der Waals surface area contributed by atoms with E-state index in [1.54, 1.807) is 4.90 Å². The van der Waals surface area contributed by atoms with Crippen LogP contribution in [-0.4, -0.2) is 34.9 Å². The summed E-state index contributed by atoms with van der Waals surface area (Å²) in [7, 11) is 0. The van der Waals surface area contributed by atoms with E-state index in [2.05, 4.69) is 0 Å². The van der Waals surface area contributed by atoms with Gasteiger partial charge >= 0.3 is 0 Å². The molecule has 1 heterocycles. The molecule has 1 amide bonds. The van der Waals surface area contributed by atoms with Crippen molar-refractivity contribution in [3.05, 3.63) is 39.7 Å². The van der Waals surface area contributed by atoms with Gasteiger partial charge in [-0.05, 0) is 36.8 Å². The Morgan fingerprint density at radius 3 is 2.82 bits per heavy atom. The van der Waals surface area contributed by atoms with Crippen molar-refractivity contribution in [2.75, 3.05) is 13.1 Å². The van der Waals surface area contributed by atoms with E-state index >= 15 is 0 Å². The van der Waals surface area contributed by atoms with Crippen molar-refractivity contribution in [1.82, 2.24) is 4.90 Å². The first-order valence-electron chi connectivity index (χ1n) is 7.46. The lowest BCUT2D eigenvalue weighted by atomic mass is 9.78. The fourth-order valence-corrected chi connectivity index (χ4v) is 3.69. The van der Waals surface area contributed by atoms with Gasteiger partial charge < -0.3 is 10.6 Å². The molecule has 7 heteroatoms. The normalized spacial score (nSPS) is 27.5. The second-order valence-corrected chi connectivity index (χ2v) is 6.15. The van der Waals surface area contributed by atoms with Crippen molar-refractivity contribution in [1.29, 1.82) is 0 Å². The number of carbonyl (C=O) groups is 1. The molecule has 1 saturated carbocycles. The van der Waals surface area contributed by atoms with E-state index in [1.807, 2.05) is 0 Å². The predicted molar refractivity (Wildman–Crippen MR) is 77.8 cm³/mol. The van der Waals surface area contributed by atoms with Crippen molar-refractivity contribution in [3.8, 4) is 0 Å². The van der Waals surface area contributed by atoms with E-state index in [-0.39, 0.29) is 17.5 Å². The first-order valence-corrected chi connectivity index (χ1v) is 7.46. The highest BCUT2D eigenvalue weighted by atomic mass is 19.1. The Kier molecular flexibility index (Phi) is 3.82. The van der Waals surface area contributed by atoms with Gasteiger partial charge in [0.1, 0.15) is 11.4 Å². The number of rotatable bonds is 2. The summed E-state index contributed by atoms with van der Waals surface area (Å²) in [5.41, 5.74) is 5.58. The summed E-state index contributed by atoms with van der Waals surface area (Å²) in [4.78, 5) is 24.5. The molecule has 118 valence electrons. The zero-order chi connectivity index (χ0) is 15.9. The molecule has 1 aromatic carbocycles. The summed E-state index contributed by atoms with van der Waals surface area (Å²) in [5.74, 6) is -0.502. The molecule has 6 nitrogen and oxygen atoms in total. The third kappa shape index (κ3) is 2.56. The Labute approximate surface area is 127 Å². The molecular formula is C15H18FN3O3. The number of amides is 1. The van der Waals surface area contributed by atoms with Gasteiger partial charge in [-0.15, -0.1) is 0 Å². The number of halogens is 1. The van der Waals surface area contributed by atoms with Crippen LogP contribution in [0.3, 0.4) is 0 Å². The summed E-state index contributed by atoms with van der Waals surface area (Å²) in [6, 6.07) is 3.15. The number of benzene rings is 1.